The highest BCUT2D eigenvalue weighted by molar-refractivity contribution is 6.44. The molecule has 0 spiro atoms. The number of amides is 3. The van der Waals surface area contributed by atoms with E-state index in [4.69, 9.17) is 39.5 Å². The summed E-state index contributed by atoms with van der Waals surface area (Å²) in [7, 11) is 0. The molecular weight excluding hydrogens is 584 g/mol. The van der Waals surface area contributed by atoms with E-state index in [9.17, 15) is 18.8 Å². The number of aromatic nitrogens is 1. The van der Waals surface area contributed by atoms with Gasteiger partial charge in [-0.15, -0.1) is 0 Å². The van der Waals surface area contributed by atoms with Crippen molar-refractivity contribution < 1.29 is 23.5 Å². The quantitative estimate of drug-likeness (QED) is 0.376. The SMILES string of the molecule is CCN(CC)C(=O)COc1ncc(F)cc1C(=O)NC1N=C(c2c(Cl)cc(Cl)cc2Cl)c2ccccc2NC1=O. The maximum atomic E-state index is 14.1. The van der Waals surface area contributed by atoms with Gasteiger partial charge in [0.1, 0.15) is 11.4 Å². The molecule has 0 radical (unpaired) electrons. The number of carbonyl (C=O) groups is 3. The van der Waals surface area contributed by atoms with Crippen molar-refractivity contribution in [3.05, 3.63) is 86.2 Å². The summed E-state index contributed by atoms with van der Waals surface area (Å²) in [6.07, 6.45) is -0.643. The fourth-order valence-electron chi connectivity index (χ4n) is 4.03. The normalized spacial score (nSPS) is 14.4. The van der Waals surface area contributed by atoms with Gasteiger partial charge < -0.3 is 20.3 Å². The summed E-state index contributed by atoms with van der Waals surface area (Å²) in [6.45, 7) is 4.13. The second-order valence-electron chi connectivity index (χ2n) is 8.49. The second-order valence-corrected chi connectivity index (χ2v) is 9.74. The molecule has 0 fully saturated rings. The average molecular weight is 607 g/mol. The van der Waals surface area contributed by atoms with Gasteiger partial charge in [-0.25, -0.2) is 14.4 Å². The molecule has 0 saturated carbocycles. The molecule has 3 aromatic rings. The molecule has 40 heavy (non-hydrogen) atoms. The van der Waals surface area contributed by atoms with Crippen molar-refractivity contribution in [1.82, 2.24) is 15.2 Å². The number of rotatable bonds is 8. The lowest BCUT2D eigenvalue weighted by atomic mass is 10.0. The standard InChI is InChI=1S/C27H23Cl3FN5O4/c1-3-36(4-2)21(37)13-40-27-17(11-15(31)12-32-27)25(38)35-24-26(39)33-20-8-6-5-7-16(20)23(34-24)22-18(29)9-14(28)10-19(22)30/h5-12,24H,3-4,13H2,1-2H3,(H,33,39)(H,35,38). The van der Waals surface area contributed by atoms with Gasteiger partial charge in [-0.1, -0.05) is 53.0 Å². The first-order valence-electron chi connectivity index (χ1n) is 12.1. The van der Waals surface area contributed by atoms with Crippen LogP contribution in [0.4, 0.5) is 10.1 Å². The molecule has 2 aromatic carbocycles. The minimum atomic E-state index is -1.49. The van der Waals surface area contributed by atoms with Crippen molar-refractivity contribution in [3.8, 4) is 5.88 Å². The summed E-state index contributed by atoms with van der Waals surface area (Å²) in [5.74, 6) is -3.05. The number of benzene rings is 2. The number of pyridine rings is 1. The minimum Gasteiger partial charge on any atom is -0.467 e. The first-order valence-corrected chi connectivity index (χ1v) is 13.3. The highest BCUT2D eigenvalue weighted by Gasteiger charge is 2.30. The van der Waals surface area contributed by atoms with Crippen LogP contribution in [0.3, 0.4) is 0 Å². The Labute approximate surface area is 244 Å². The van der Waals surface area contributed by atoms with Crippen molar-refractivity contribution in [2.75, 3.05) is 25.0 Å². The zero-order valence-electron chi connectivity index (χ0n) is 21.3. The molecule has 1 atom stereocenters. The van der Waals surface area contributed by atoms with Gasteiger partial charge in [0, 0.05) is 29.2 Å². The second kappa shape index (κ2) is 12.6. The number of carbonyl (C=O) groups excluding carboxylic acids is 3. The van der Waals surface area contributed by atoms with Crippen LogP contribution in [0.2, 0.25) is 15.1 Å². The predicted molar refractivity (Wildman–Crippen MR) is 151 cm³/mol. The van der Waals surface area contributed by atoms with E-state index in [1.54, 1.807) is 24.3 Å². The number of likely N-dealkylation sites (N-methyl/N-ethyl adjacent to an activating group) is 1. The van der Waals surface area contributed by atoms with Crippen LogP contribution in [0.5, 0.6) is 5.88 Å². The van der Waals surface area contributed by atoms with E-state index in [1.165, 1.54) is 17.0 Å². The molecule has 9 nitrogen and oxygen atoms in total. The highest BCUT2D eigenvalue weighted by Crippen LogP contribution is 2.34. The first-order chi connectivity index (χ1) is 19.1. The van der Waals surface area contributed by atoms with Gasteiger partial charge in [0.05, 0.1) is 27.6 Å². The number of para-hydroxylation sites is 1. The molecule has 0 bridgehead atoms. The zero-order valence-corrected chi connectivity index (χ0v) is 23.6. The Morgan fingerprint density at radius 3 is 2.45 bits per heavy atom. The summed E-state index contributed by atoms with van der Waals surface area (Å²) in [6, 6.07) is 10.6. The molecule has 0 saturated heterocycles. The minimum absolute atomic E-state index is 0.174. The molecule has 208 valence electrons. The van der Waals surface area contributed by atoms with Gasteiger partial charge in [0.25, 0.3) is 17.7 Å². The Kier molecular flexibility index (Phi) is 9.24. The Balaban J connectivity index is 1.70. The van der Waals surface area contributed by atoms with Crippen LogP contribution in [0.1, 0.15) is 35.3 Å². The molecule has 13 heteroatoms. The van der Waals surface area contributed by atoms with E-state index in [0.29, 0.717) is 34.9 Å². The zero-order chi connectivity index (χ0) is 29.0. The summed E-state index contributed by atoms with van der Waals surface area (Å²) >= 11 is 19.0. The van der Waals surface area contributed by atoms with E-state index < -0.39 is 30.4 Å². The van der Waals surface area contributed by atoms with Gasteiger partial charge in [-0.2, -0.15) is 0 Å². The van der Waals surface area contributed by atoms with E-state index in [2.05, 4.69) is 20.6 Å². The average Bonchev–Trinajstić information content (AvgIpc) is 3.04. The molecule has 4 rings (SSSR count). The number of ether oxygens (including phenoxy) is 1. The Morgan fingerprint density at radius 2 is 1.77 bits per heavy atom. The van der Waals surface area contributed by atoms with Crippen LogP contribution in [0.15, 0.2) is 53.7 Å². The maximum Gasteiger partial charge on any atom is 0.269 e. The van der Waals surface area contributed by atoms with Crippen molar-refractivity contribution in [2.45, 2.75) is 20.0 Å². The van der Waals surface area contributed by atoms with Gasteiger partial charge in [0.15, 0.2) is 6.61 Å². The number of hydrogen-bond donors (Lipinski definition) is 2. The first kappa shape index (κ1) is 29.3. The lowest BCUT2D eigenvalue weighted by molar-refractivity contribution is -0.133. The molecule has 2 heterocycles. The van der Waals surface area contributed by atoms with Crippen LogP contribution < -0.4 is 15.4 Å². The highest BCUT2D eigenvalue weighted by atomic mass is 35.5. The van der Waals surface area contributed by atoms with Crippen molar-refractivity contribution >= 4 is 63.9 Å². The molecule has 1 aliphatic heterocycles. The number of fused-ring (bicyclic) bond motifs is 1. The van der Waals surface area contributed by atoms with Crippen LogP contribution in [0.25, 0.3) is 0 Å². The van der Waals surface area contributed by atoms with Crippen molar-refractivity contribution in [3.63, 3.8) is 0 Å². The monoisotopic (exact) mass is 605 g/mol. The summed E-state index contributed by atoms with van der Waals surface area (Å²) in [4.78, 5) is 48.7. The molecule has 2 N–H and O–H groups in total. The van der Waals surface area contributed by atoms with E-state index in [-0.39, 0.29) is 33.1 Å². The third kappa shape index (κ3) is 6.35. The fraction of sp³-hybridized carbons (Fsp3) is 0.222. The third-order valence-electron chi connectivity index (χ3n) is 5.97. The topological polar surface area (TPSA) is 113 Å². The summed E-state index contributed by atoms with van der Waals surface area (Å²) in [5, 5.41) is 5.84. The molecule has 1 aromatic heterocycles. The number of hydrogen-bond acceptors (Lipinski definition) is 6. The molecule has 3 amide bonds. The van der Waals surface area contributed by atoms with Crippen LogP contribution in [-0.4, -0.2) is 59.2 Å². The third-order valence-corrected chi connectivity index (χ3v) is 6.78. The smallest absolute Gasteiger partial charge is 0.269 e. The van der Waals surface area contributed by atoms with Gasteiger partial charge >= 0.3 is 0 Å². The number of nitrogens with one attached hydrogen (secondary N) is 2. The number of benzodiazepines with no additional fused rings is 1. The molecular formula is C27H23Cl3FN5O4. The Hall–Kier alpha value is -3.73. The number of anilines is 1. The molecule has 1 unspecified atom stereocenters. The predicted octanol–water partition coefficient (Wildman–Crippen LogP) is 4.97. The van der Waals surface area contributed by atoms with Crippen molar-refractivity contribution in [2.24, 2.45) is 4.99 Å². The molecule has 1 aliphatic rings. The summed E-state index contributed by atoms with van der Waals surface area (Å²) in [5.41, 5.74) is 1.06. The van der Waals surface area contributed by atoms with E-state index >= 15 is 0 Å². The van der Waals surface area contributed by atoms with Gasteiger partial charge in [-0.05, 0) is 38.1 Å². The fourth-order valence-corrected chi connectivity index (χ4v) is 5.02. The lowest BCUT2D eigenvalue weighted by Crippen LogP contribution is -2.42. The van der Waals surface area contributed by atoms with Crippen LogP contribution >= 0.6 is 34.8 Å². The number of aliphatic imine (C=N–C) groups is 1. The van der Waals surface area contributed by atoms with Crippen molar-refractivity contribution in [1.29, 1.82) is 0 Å². The number of nitrogens with zero attached hydrogens (tertiary/aromatic N) is 3. The largest absolute Gasteiger partial charge is 0.467 e. The van der Waals surface area contributed by atoms with Crippen LogP contribution in [0, 0.1) is 5.82 Å². The van der Waals surface area contributed by atoms with Gasteiger partial charge in [-0.3, -0.25) is 14.4 Å². The number of halogens is 4. The van der Waals surface area contributed by atoms with E-state index in [1.807, 2.05) is 13.8 Å². The maximum absolute atomic E-state index is 14.1. The van der Waals surface area contributed by atoms with E-state index in [0.717, 1.165) is 12.3 Å². The Morgan fingerprint density at radius 1 is 1.10 bits per heavy atom. The lowest BCUT2D eigenvalue weighted by Gasteiger charge is -2.19. The molecule has 0 aliphatic carbocycles. The summed E-state index contributed by atoms with van der Waals surface area (Å²) < 4.78 is 19.6. The van der Waals surface area contributed by atoms with Gasteiger partial charge in [0.2, 0.25) is 12.0 Å². The Bertz CT molecular complexity index is 1490. The van der Waals surface area contributed by atoms with Crippen LogP contribution in [-0.2, 0) is 9.59 Å².